The standard InChI is InChI=1S/C17H15BrFNO/c1-2-21-16-3-4-17-13(9-16)5-6-20(17)11-12-7-14(18)10-15(19)8-12/h3-10H,2,11H2,1H3. The van der Waals surface area contributed by atoms with E-state index in [2.05, 4.69) is 20.5 Å². The molecule has 4 heteroatoms. The average Bonchev–Trinajstić information content (AvgIpc) is 2.80. The number of halogens is 2. The molecule has 0 saturated carbocycles. The summed E-state index contributed by atoms with van der Waals surface area (Å²) in [5.74, 6) is 0.644. The zero-order chi connectivity index (χ0) is 14.8. The van der Waals surface area contributed by atoms with Crippen molar-refractivity contribution in [2.45, 2.75) is 13.5 Å². The summed E-state index contributed by atoms with van der Waals surface area (Å²) in [4.78, 5) is 0. The number of hydrogen-bond acceptors (Lipinski definition) is 1. The zero-order valence-electron chi connectivity index (χ0n) is 11.6. The highest BCUT2D eigenvalue weighted by Gasteiger charge is 2.05. The van der Waals surface area contributed by atoms with Crippen LogP contribution in [0.15, 0.2) is 53.1 Å². The van der Waals surface area contributed by atoms with Crippen molar-refractivity contribution >= 4 is 26.8 Å². The van der Waals surface area contributed by atoms with Gasteiger partial charge >= 0.3 is 0 Å². The van der Waals surface area contributed by atoms with Crippen LogP contribution >= 0.6 is 15.9 Å². The highest BCUT2D eigenvalue weighted by molar-refractivity contribution is 9.10. The van der Waals surface area contributed by atoms with E-state index in [4.69, 9.17) is 4.74 Å². The SMILES string of the molecule is CCOc1ccc2c(ccn2Cc2cc(F)cc(Br)c2)c1. The van der Waals surface area contributed by atoms with Crippen molar-refractivity contribution in [2.75, 3.05) is 6.61 Å². The molecule has 0 aliphatic carbocycles. The maximum absolute atomic E-state index is 13.5. The van der Waals surface area contributed by atoms with Crippen LogP contribution < -0.4 is 4.74 Å². The molecule has 0 bridgehead atoms. The summed E-state index contributed by atoms with van der Waals surface area (Å²) in [7, 11) is 0. The molecule has 0 atom stereocenters. The van der Waals surface area contributed by atoms with Gasteiger partial charge in [-0.2, -0.15) is 0 Å². The molecule has 2 aromatic carbocycles. The Morgan fingerprint density at radius 1 is 1.14 bits per heavy atom. The predicted molar refractivity (Wildman–Crippen MR) is 86.3 cm³/mol. The molecule has 1 aromatic heterocycles. The van der Waals surface area contributed by atoms with Crippen LogP contribution in [0, 0.1) is 5.82 Å². The minimum absolute atomic E-state index is 0.227. The van der Waals surface area contributed by atoms with E-state index in [0.717, 1.165) is 26.7 Å². The summed E-state index contributed by atoms with van der Waals surface area (Å²) in [6.07, 6.45) is 2.01. The number of aromatic nitrogens is 1. The van der Waals surface area contributed by atoms with Crippen molar-refractivity contribution in [3.63, 3.8) is 0 Å². The molecule has 0 radical (unpaired) electrons. The third-order valence-electron chi connectivity index (χ3n) is 3.33. The van der Waals surface area contributed by atoms with E-state index in [9.17, 15) is 4.39 Å². The molecule has 108 valence electrons. The number of benzene rings is 2. The van der Waals surface area contributed by atoms with Crippen molar-refractivity contribution < 1.29 is 9.13 Å². The maximum Gasteiger partial charge on any atom is 0.124 e. The van der Waals surface area contributed by atoms with Gasteiger partial charge in [0.15, 0.2) is 0 Å². The lowest BCUT2D eigenvalue weighted by Crippen LogP contribution is -1.98. The molecule has 0 saturated heterocycles. The number of nitrogens with zero attached hydrogens (tertiary/aromatic N) is 1. The van der Waals surface area contributed by atoms with Gasteiger partial charge in [-0.1, -0.05) is 15.9 Å². The van der Waals surface area contributed by atoms with Gasteiger partial charge in [0.05, 0.1) is 6.61 Å². The van der Waals surface area contributed by atoms with E-state index in [1.807, 2.05) is 43.5 Å². The summed E-state index contributed by atoms with van der Waals surface area (Å²) in [5, 5.41) is 1.12. The lowest BCUT2D eigenvalue weighted by molar-refractivity contribution is 0.340. The molecule has 0 fully saturated rings. The molecule has 2 nitrogen and oxygen atoms in total. The van der Waals surface area contributed by atoms with Gasteiger partial charge in [-0.05, 0) is 55.0 Å². The summed E-state index contributed by atoms with van der Waals surface area (Å²) < 4.78 is 21.8. The van der Waals surface area contributed by atoms with Gasteiger partial charge in [0.2, 0.25) is 0 Å². The quantitative estimate of drug-likeness (QED) is 0.648. The first-order valence-corrected chi connectivity index (χ1v) is 7.61. The van der Waals surface area contributed by atoms with Crippen molar-refractivity contribution in [3.8, 4) is 5.75 Å². The third kappa shape index (κ3) is 3.10. The van der Waals surface area contributed by atoms with Crippen molar-refractivity contribution in [1.82, 2.24) is 4.57 Å². The van der Waals surface area contributed by atoms with E-state index in [1.165, 1.54) is 6.07 Å². The minimum Gasteiger partial charge on any atom is -0.494 e. The first kappa shape index (κ1) is 14.1. The second-order valence-corrected chi connectivity index (χ2v) is 5.79. The number of ether oxygens (including phenoxy) is 1. The van der Waals surface area contributed by atoms with Crippen LogP contribution in [0.2, 0.25) is 0 Å². The average molecular weight is 348 g/mol. The van der Waals surface area contributed by atoms with E-state index in [0.29, 0.717) is 13.2 Å². The first-order valence-electron chi connectivity index (χ1n) is 6.82. The van der Waals surface area contributed by atoms with Gasteiger partial charge in [-0.25, -0.2) is 4.39 Å². The molecule has 0 unspecified atom stereocenters. The zero-order valence-corrected chi connectivity index (χ0v) is 13.2. The van der Waals surface area contributed by atoms with Crippen LogP contribution in [0.5, 0.6) is 5.75 Å². The lowest BCUT2D eigenvalue weighted by Gasteiger charge is -2.08. The second kappa shape index (κ2) is 5.90. The Hall–Kier alpha value is -1.81. The van der Waals surface area contributed by atoms with Gasteiger partial charge in [0.1, 0.15) is 11.6 Å². The summed E-state index contributed by atoms with van der Waals surface area (Å²) >= 11 is 3.33. The summed E-state index contributed by atoms with van der Waals surface area (Å²) in [6, 6.07) is 13.0. The molecular formula is C17H15BrFNO. The van der Waals surface area contributed by atoms with Gasteiger partial charge < -0.3 is 9.30 Å². The Labute approximate surface area is 131 Å². The van der Waals surface area contributed by atoms with E-state index < -0.39 is 0 Å². The van der Waals surface area contributed by atoms with Crippen LogP contribution in [0.1, 0.15) is 12.5 Å². The highest BCUT2D eigenvalue weighted by Crippen LogP contribution is 2.24. The van der Waals surface area contributed by atoms with E-state index in [1.54, 1.807) is 6.07 Å². The van der Waals surface area contributed by atoms with E-state index in [-0.39, 0.29) is 5.82 Å². The van der Waals surface area contributed by atoms with Crippen molar-refractivity contribution in [3.05, 3.63) is 64.5 Å². The molecule has 0 spiro atoms. The smallest absolute Gasteiger partial charge is 0.124 e. The molecule has 0 aliphatic heterocycles. The predicted octanol–water partition coefficient (Wildman–Crippen LogP) is 4.99. The molecule has 1 heterocycles. The van der Waals surface area contributed by atoms with Crippen LogP contribution in [0.3, 0.4) is 0 Å². The molecule has 0 aliphatic rings. The Kier molecular flexibility index (Phi) is 3.97. The Morgan fingerprint density at radius 2 is 2.00 bits per heavy atom. The first-order chi connectivity index (χ1) is 10.2. The van der Waals surface area contributed by atoms with Gasteiger partial charge in [-0.15, -0.1) is 0 Å². The largest absolute Gasteiger partial charge is 0.494 e. The fourth-order valence-corrected chi connectivity index (χ4v) is 2.98. The van der Waals surface area contributed by atoms with Crippen LogP contribution in [0.4, 0.5) is 4.39 Å². The molecule has 0 amide bonds. The molecule has 21 heavy (non-hydrogen) atoms. The Morgan fingerprint density at radius 3 is 2.76 bits per heavy atom. The molecule has 3 aromatic rings. The minimum atomic E-state index is -0.227. The number of hydrogen-bond donors (Lipinski definition) is 0. The van der Waals surface area contributed by atoms with Crippen molar-refractivity contribution in [2.24, 2.45) is 0 Å². The van der Waals surface area contributed by atoms with Crippen LogP contribution in [-0.2, 0) is 6.54 Å². The van der Waals surface area contributed by atoms with Gasteiger partial charge in [0, 0.05) is 28.1 Å². The van der Waals surface area contributed by atoms with E-state index >= 15 is 0 Å². The van der Waals surface area contributed by atoms with Gasteiger partial charge in [0.25, 0.3) is 0 Å². The lowest BCUT2D eigenvalue weighted by atomic mass is 10.2. The van der Waals surface area contributed by atoms with Crippen LogP contribution in [-0.4, -0.2) is 11.2 Å². The van der Waals surface area contributed by atoms with Gasteiger partial charge in [-0.3, -0.25) is 0 Å². The Bertz CT molecular complexity index is 761. The number of fused-ring (bicyclic) bond motifs is 1. The highest BCUT2D eigenvalue weighted by atomic mass is 79.9. The fourth-order valence-electron chi connectivity index (χ4n) is 2.47. The monoisotopic (exact) mass is 347 g/mol. The summed E-state index contributed by atoms with van der Waals surface area (Å²) in [6.45, 7) is 3.26. The molecule has 3 rings (SSSR count). The second-order valence-electron chi connectivity index (χ2n) is 4.87. The maximum atomic E-state index is 13.5. The van der Waals surface area contributed by atoms with Crippen molar-refractivity contribution in [1.29, 1.82) is 0 Å². The fraction of sp³-hybridized carbons (Fsp3) is 0.176. The topological polar surface area (TPSA) is 14.2 Å². The normalized spacial score (nSPS) is 11.0. The third-order valence-corrected chi connectivity index (χ3v) is 3.79. The van der Waals surface area contributed by atoms with Crippen LogP contribution in [0.25, 0.3) is 10.9 Å². The molecular weight excluding hydrogens is 333 g/mol. The Balaban J connectivity index is 1.93. The molecule has 0 N–H and O–H groups in total. The summed E-state index contributed by atoms with van der Waals surface area (Å²) in [5.41, 5.74) is 2.03. The number of rotatable bonds is 4.